The van der Waals surface area contributed by atoms with Crippen LogP contribution in [0.4, 0.5) is 5.95 Å². The quantitative estimate of drug-likeness (QED) is 0.782. The molecule has 0 saturated carbocycles. The lowest BCUT2D eigenvalue weighted by Gasteiger charge is -2.18. The van der Waals surface area contributed by atoms with Crippen LogP contribution in [-0.2, 0) is 0 Å². The van der Waals surface area contributed by atoms with E-state index in [0.717, 1.165) is 29.2 Å². The van der Waals surface area contributed by atoms with Crippen molar-refractivity contribution in [1.82, 2.24) is 9.97 Å². The molecule has 2 rings (SSSR count). The first-order valence-corrected chi connectivity index (χ1v) is 6.74. The summed E-state index contributed by atoms with van der Waals surface area (Å²) in [7, 11) is 0. The van der Waals surface area contributed by atoms with E-state index in [1.54, 1.807) is 0 Å². The van der Waals surface area contributed by atoms with Crippen LogP contribution in [0.5, 0.6) is 0 Å². The normalized spacial score (nSPS) is 16.2. The van der Waals surface area contributed by atoms with Gasteiger partial charge < -0.3 is 4.90 Å². The third kappa shape index (κ3) is 2.33. The zero-order chi connectivity index (χ0) is 11.7. The average Bonchev–Trinajstić information content (AvgIpc) is 2.74. The highest BCUT2D eigenvalue weighted by molar-refractivity contribution is 9.10. The molecule has 0 aromatic carbocycles. The molecule has 0 radical (unpaired) electrons. The summed E-state index contributed by atoms with van der Waals surface area (Å²) in [5, 5.41) is 0.514. The number of nitrogens with zero attached hydrogens (tertiary/aromatic N) is 3. The van der Waals surface area contributed by atoms with Gasteiger partial charge in [0, 0.05) is 13.1 Å². The van der Waals surface area contributed by atoms with Gasteiger partial charge in [0.15, 0.2) is 0 Å². The van der Waals surface area contributed by atoms with Crippen LogP contribution >= 0.6 is 27.5 Å². The summed E-state index contributed by atoms with van der Waals surface area (Å²) >= 11 is 9.56. The van der Waals surface area contributed by atoms with Gasteiger partial charge in [-0.05, 0) is 34.7 Å². The molecule has 0 atom stereocenters. The van der Waals surface area contributed by atoms with Crippen molar-refractivity contribution in [2.75, 3.05) is 18.0 Å². The zero-order valence-corrected chi connectivity index (χ0v) is 11.8. The number of aromatic nitrogens is 2. The topological polar surface area (TPSA) is 29.0 Å². The van der Waals surface area contributed by atoms with Crippen LogP contribution in [0, 0.1) is 0 Å². The molecule has 2 heterocycles. The van der Waals surface area contributed by atoms with Crippen molar-refractivity contribution in [1.29, 1.82) is 0 Å². The Morgan fingerprint density at radius 1 is 1.25 bits per heavy atom. The molecule has 0 aliphatic carbocycles. The fraction of sp³-hybridized carbons (Fsp3) is 0.636. The molecule has 0 spiro atoms. The molecule has 1 fully saturated rings. The Morgan fingerprint density at radius 3 is 2.44 bits per heavy atom. The summed E-state index contributed by atoms with van der Waals surface area (Å²) in [4.78, 5) is 11.1. The zero-order valence-electron chi connectivity index (χ0n) is 9.50. The summed E-state index contributed by atoms with van der Waals surface area (Å²) in [5.41, 5.74) is 0.988. The van der Waals surface area contributed by atoms with Crippen molar-refractivity contribution in [3.8, 4) is 0 Å². The molecule has 88 valence electrons. The Morgan fingerprint density at radius 2 is 1.88 bits per heavy atom. The molecule has 1 aromatic heterocycles. The van der Waals surface area contributed by atoms with Crippen LogP contribution in [0.1, 0.15) is 38.3 Å². The minimum atomic E-state index is 0.344. The summed E-state index contributed by atoms with van der Waals surface area (Å²) in [6, 6.07) is 0. The first-order valence-electron chi connectivity index (χ1n) is 5.57. The van der Waals surface area contributed by atoms with Crippen LogP contribution in [0.15, 0.2) is 4.47 Å². The molecule has 0 N–H and O–H groups in total. The maximum atomic E-state index is 6.12. The Labute approximate surface area is 109 Å². The minimum absolute atomic E-state index is 0.344. The molecule has 16 heavy (non-hydrogen) atoms. The third-order valence-electron chi connectivity index (χ3n) is 2.76. The van der Waals surface area contributed by atoms with Crippen LogP contribution in [0.3, 0.4) is 0 Å². The van der Waals surface area contributed by atoms with E-state index in [0.29, 0.717) is 11.1 Å². The van der Waals surface area contributed by atoms with E-state index >= 15 is 0 Å². The molecule has 0 amide bonds. The lowest BCUT2D eigenvalue weighted by molar-refractivity contribution is 0.788. The van der Waals surface area contributed by atoms with E-state index in [2.05, 4.69) is 44.6 Å². The second-order valence-electron chi connectivity index (χ2n) is 4.36. The van der Waals surface area contributed by atoms with Crippen molar-refractivity contribution < 1.29 is 0 Å². The predicted octanol–water partition coefficient (Wildman–Crippen LogP) is 3.62. The number of rotatable bonds is 2. The van der Waals surface area contributed by atoms with Crippen LogP contribution in [0.25, 0.3) is 0 Å². The van der Waals surface area contributed by atoms with Crippen molar-refractivity contribution in [3.05, 3.63) is 15.3 Å². The predicted molar refractivity (Wildman–Crippen MR) is 70.3 cm³/mol. The van der Waals surface area contributed by atoms with E-state index < -0.39 is 0 Å². The van der Waals surface area contributed by atoms with E-state index in [1.807, 2.05) is 0 Å². The lowest BCUT2D eigenvalue weighted by atomic mass is 10.1. The summed E-state index contributed by atoms with van der Waals surface area (Å²) in [6.07, 6.45) is 2.43. The maximum Gasteiger partial charge on any atom is 0.227 e. The van der Waals surface area contributed by atoms with Gasteiger partial charge in [0.1, 0.15) is 5.15 Å². The van der Waals surface area contributed by atoms with Gasteiger partial charge >= 0.3 is 0 Å². The lowest BCUT2D eigenvalue weighted by Crippen LogP contribution is -2.21. The second-order valence-corrected chi connectivity index (χ2v) is 5.51. The van der Waals surface area contributed by atoms with Crippen molar-refractivity contribution in [2.45, 2.75) is 32.6 Å². The van der Waals surface area contributed by atoms with Crippen molar-refractivity contribution in [2.24, 2.45) is 0 Å². The Balaban J connectivity index is 2.39. The molecule has 1 aliphatic heterocycles. The fourth-order valence-corrected chi connectivity index (χ4v) is 2.67. The molecule has 5 heteroatoms. The minimum Gasteiger partial charge on any atom is -0.341 e. The van der Waals surface area contributed by atoms with Crippen LogP contribution in [-0.4, -0.2) is 23.1 Å². The average molecular weight is 305 g/mol. The van der Waals surface area contributed by atoms with Crippen LogP contribution < -0.4 is 4.90 Å². The van der Waals surface area contributed by atoms with E-state index in [4.69, 9.17) is 11.6 Å². The van der Waals surface area contributed by atoms with Gasteiger partial charge in [-0.3, -0.25) is 0 Å². The number of hydrogen-bond donors (Lipinski definition) is 0. The first kappa shape index (κ1) is 12.1. The molecule has 1 aliphatic rings. The highest BCUT2D eigenvalue weighted by Crippen LogP contribution is 2.31. The Kier molecular flexibility index (Phi) is 3.70. The SMILES string of the molecule is CC(C)c1nc(N2CCCC2)nc(Cl)c1Br. The highest BCUT2D eigenvalue weighted by Gasteiger charge is 2.19. The number of halogens is 2. The monoisotopic (exact) mass is 303 g/mol. The third-order valence-corrected chi connectivity index (χ3v) is 4.04. The van der Waals surface area contributed by atoms with E-state index in [9.17, 15) is 0 Å². The largest absolute Gasteiger partial charge is 0.341 e. The number of hydrogen-bond acceptors (Lipinski definition) is 3. The molecular weight excluding hydrogens is 289 g/mol. The summed E-state index contributed by atoms with van der Waals surface area (Å²) < 4.78 is 0.826. The van der Waals surface area contributed by atoms with E-state index in [-0.39, 0.29) is 0 Å². The molecular formula is C11H15BrClN3. The highest BCUT2D eigenvalue weighted by atomic mass is 79.9. The smallest absolute Gasteiger partial charge is 0.227 e. The van der Waals surface area contributed by atoms with Gasteiger partial charge in [-0.1, -0.05) is 25.4 Å². The Hall–Kier alpha value is -0.350. The van der Waals surface area contributed by atoms with Crippen molar-refractivity contribution >= 4 is 33.5 Å². The fourth-order valence-electron chi connectivity index (χ4n) is 1.87. The molecule has 1 saturated heterocycles. The van der Waals surface area contributed by atoms with E-state index in [1.165, 1.54) is 12.8 Å². The molecule has 0 unspecified atom stereocenters. The molecule has 1 aromatic rings. The summed E-state index contributed by atoms with van der Waals surface area (Å²) in [6.45, 7) is 6.29. The van der Waals surface area contributed by atoms with Gasteiger partial charge in [-0.2, -0.15) is 4.98 Å². The Bertz CT molecular complexity index is 389. The first-order chi connectivity index (χ1) is 7.59. The molecule has 0 bridgehead atoms. The van der Waals surface area contributed by atoms with Gasteiger partial charge in [-0.25, -0.2) is 4.98 Å². The standard InChI is InChI=1S/C11H15BrClN3/c1-7(2)9-8(12)10(13)15-11(14-9)16-5-3-4-6-16/h7H,3-6H2,1-2H3. The van der Waals surface area contributed by atoms with Gasteiger partial charge in [0.25, 0.3) is 0 Å². The van der Waals surface area contributed by atoms with Gasteiger partial charge in [0.05, 0.1) is 10.2 Å². The molecule has 3 nitrogen and oxygen atoms in total. The van der Waals surface area contributed by atoms with Crippen molar-refractivity contribution in [3.63, 3.8) is 0 Å². The van der Waals surface area contributed by atoms with Gasteiger partial charge in [-0.15, -0.1) is 0 Å². The number of anilines is 1. The second kappa shape index (κ2) is 4.88. The summed E-state index contributed by atoms with van der Waals surface area (Å²) in [5.74, 6) is 1.12. The van der Waals surface area contributed by atoms with Gasteiger partial charge in [0.2, 0.25) is 5.95 Å². The van der Waals surface area contributed by atoms with Crippen LogP contribution in [0.2, 0.25) is 5.15 Å². The maximum absolute atomic E-state index is 6.12.